The Bertz CT molecular complexity index is 1160. The van der Waals surface area contributed by atoms with Crippen molar-refractivity contribution in [3.8, 4) is 5.75 Å². The summed E-state index contributed by atoms with van der Waals surface area (Å²) < 4.78 is 5.28. The average Bonchev–Trinajstić information content (AvgIpc) is 3.09. The maximum absolute atomic E-state index is 13.2. The predicted octanol–water partition coefficient (Wildman–Crippen LogP) is 3.75. The fourth-order valence-corrected chi connectivity index (χ4v) is 3.98. The molecule has 8 heteroatoms. The number of aromatic nitrogens is 1. The zero-order valence-electron chi connectivity index (χ0n) is 17.0. The Hall–Kier alpha value is -3.91. The highest BCUT2D eigenvalue weighted by Crippen LogP contribution is 2.35. The first-order valence-electron chi connectivity index (χ1n) is 9.84. The second kappa shape index (κ2) is 9.93. The van der Waals surface area contributed by atoms with Gasteiger partial charge in [-0.15, -0.1) is 0 Å². The molecule has 1 aliphatic heterocycles. The average molecular weight is 445 g/mol. The molecule has 4 rings (SSSR count). The number of nitrogens with zero attached hydrogens (tertiary/aromatic N) is 3. The van der Waals surface area contributed by atoms with Crippen LogP contribution in [0.15, 0.2) is 89.0 Å². The van der Waals surface area contributed by atoms with Crippen molar-refractivity contribution in [2.75, 3.05) is 6.61 Å². The maximum Gasteiger partial charge on any atom is 0.267 e. The number of aliphatic imine (C=N–C) groups is 1. The lowest BCUT2D eigenvalue weighted by molar-refractivity contribution is -0.122. The highest BCUT2D eigenvalue weighted by molar-refractivity contribution is 8.18. The second-order valence-electron chi connectivity index (χ2n) is 6.92. The van der Waals surface area contributed by atoms with Gasteiger partial charge in [-0.25, -0.2) is 4.99 Å². The van der Waals surface area contributed by atoms with Gasteiger partial charge in [-0.05, 0) is 59.3 Å². The van der Waals surface area contributed by atoms with Crippen molar-refractivity contribution < 1.29 is 14.3 Å². The number of carbonyl (C=O) groups excluding carboxylic acids is 2. The van der Waals surface area contributed by atoms with Crippen molar-refractivity contribution >= 4 is 40.5 Å². The summed E-state index contributed by atoms with van der Waals surface area (Å²) in [5.74, 6) is -0.133. The van der Waals surface area contributed by atoms with E-state index in [2.05, 4.69) is 4.98 Å². The highest BCUT2D eigenvalue weighted by Gasteiger charge is 2.33. The molecule has 160 valence electrons. The van der Waals surface area contributed by atoms with Gasteiger partial charge in [0.2, 0.25) is 0 Å². The SMILES string of the molecule is NC(=O)COc1ccc(/C=C2\SC(=Nc3ccccc3)N(Cc3cccnc3)C2=O)cc1. The van der Waals surface area contributed by atoms with Gasteiger partial charge in [0, 0.05) is 12.4 Å². The molecule has 1 saturated heterocycles. The number of amidine groups is 1. The van der Waals surface area contributed by atoms with Crippen molar-refractivity contribution in [2.45, 2.75) is 6.54 Å². The van der Waals surface area contributed by atoms with Gasteiger partial charge in [-0.3, -0.25) is 19.5 Å². The van der Waals surface area contributed by atoms with Gasteiger partial charge in [0.25, 0.3) is 11.8 Å². The summed E-state index contributed by atoms with van der Waals surface area (Å²) in [6.45, 7) is 0.194. The van der Waals surface area contributed by atoms with E-state index in [1.165, 1.54) is 11.8 Å². The Morgan fingerprint density at radius 3 is 2.56 bits per heavy atom. The molecule has 2 amide bonds. The number of para-hydroxylation sites is 1. The predicted molar refractivity (Wildman–Crippen MR) is 125 cm³/mol. The Balaban J connectivity index is 1.59. The third-order valence-corrected chi connectivity index (χ3v) is 5.50. The highest BCUT2D eigenvalue weighted by atomic mass is 32.2. The number of primary amides is 1. The molecule has 0 saturated carbocycles. The molecule has 3 aromatic rings. The lowest BCUT2D eigenvalue weighted by atomic mass is 10.2. The van der Waals surface area contributed by atoms with Crippen LogP contribution in [0, 0.1) is 0 Å². The standard InChI is InChI=1S/C24H20N4O3S/c25-22(29)16-31-20-10-8-17(9-11-20)13-21-23(30)28(15-18-5-4-12-26-14-18)24(32-21)27-19-6-2-1-3-7-19/h1-14H,15-16H2,(H2,25,29)/b21-13-,27-24?. The summed E-state index contributed by atoms with van der Waals surface area (Å²) in [6.07, 6.45) is 5.25. The van der Waals surface area contributed by atoms with E-state index >= 15 is 0 Å². The number of carbonyl (C=O) groups is 2. The number of ether oxygens (including phenoxy) is 1. The molecule has 0 radical (unpaired) electrons. The van der Waals surface area contributed by atoms with Crippen LogP contribution in [0.3, 0.4) is 0 Å². The number of rotatable bonds is 7. The summed E-state index contributed by atoms with van der Waals surface area (Å²) in [5.41, 5.74) is 7.62. The van der Waals surface area contributed by atoms with Gasteiger partial charge >= 0.3 is 0 Å². The van der Waals surface area contributed by atoms with E-state index in [0.717, 1.165) is 16.8 Å². The number of amides is 2. The van der Waals surface area contributed by atoms with Gasteiger partial charge < -0.3 is 10.5 Å². The largest absolute Gasteiger partial charge is 0.484 e. The van der Waals surface area contributed by atoms with Crippen LogP contribution in [-0.4, -0.2) is 33.5 Å². The molecule has 0 unspecified atom stereocenters. The summed E-state index contributed by atoms with van der Waals surface area (Å²) in [4.78, 5) is 35.1. The zero-order chi connectivity index (χ0) is 22.3. The normalized spacial score (nSPS) is 16.0. The molecule has 0 spiro atoms. The number of benzene rings is 2. The minimum absolute atomic E-state index is 0.123. The topological polar surface area (TPSA) is 97.9 Å². The Morgan fingerprint density at radius 2 is 1.88 bits per heavy atom. The number of nitrogens with two attached hydrogens (primary N) is 1. The van der Waals surface area contributed by atoms with Gasteiger partial charge in [0.15, 0.2) is 11.8 Å². The second-order valence-corrected chi connectivity index (χ2v) is 7.93. The molecule has 7 nitrogen and oxygen atoms in total. The van der Waals surface area contributed by atoms with Crippen LogP contribution in [0.2, 0.25) is 0 Å². The fraction of sp³-hybridized carbons (Fsp3) is 0.0833. The molecule has 1 aromatic heterocycles. The Kier molecular flexibility index (Phi) is 6.62. The van der Waals surface area contributed by atoms with Crippen LogP contribution in [0.25, 0.3) is 6.08 Å². The number of hydrogen-bond donors (Lipinski definition) is 1. The summed E-state index contributed by atoms with van der Waals surface area (Å²) >= 11 is 1.33. The summed E-state index contributed by atoms with van der Waals surface area (Å²) in [7, 11) is 0. The van der Waals surface area contributed by atoms with Crippen molar-refractivity contribution in [1.82, 2.24) is 9.88 Å². The lowest BCUT2D eigenvalue weighted by Gasteiger charge is -2.15. The van der Waals surface area contributed by atoms with Crippen molar-refractivity contribution in [2.24, 2.45) is 10.7 Å². The first kappa shape index (κ1) is 21.3. The van der Waals surface area contributed by atoms with Gasteiger partial charge in [-0.1, -0.05) is 36.4 Å². The minimum atomic E-state index is -0.539. The quantitative estimate of drug-likeness (QED) is 0.560. The van der Waals surface area contributed by atoms with E-state index in [9.17, 15) is 9.59 Å². The van der Waals surface area contributed by atoms with Crippen molar-refractivity contribution in [1.29, 1.82) is 0 Å². The van der Waals surface area contributed by atoms with E-state index in [-0.39, 0.29) is 12.5 Å². The molecule has 2 N–H and O–H groups in total. The summed E-state index contributed by atoms with van der Waals surface area (Å²) in [5, 5.41) is 0.609. The molecule has 1 aliphatic rings. The molecular weight excluding hydrogens is 424 g/mol. The summed E-state index contributed by atoms with van der Waals surface area (Å²) in [6, 6.07) is 20.4. The van der Waals surface area contributed by atoms with E-state index in [4.69, 9.17) is 15.5 Å². The third kappa shape index (κ3) is 5.41. The molecule has 2 heterocycles. The molecule has 1 fully saturated rings. The van der Waals surface area contributed by atoms with E-state index in [0.29, 0.717) is 22.4 Å². The monoisotopic (exact) mass is 444 g/mol. The first-order valence-corrected chi connectivity index (χ1v) is 10.7. The molecule has 0 bridgehead atoms. The van der Waals surface area contributed by atoms with Gasteiger partial charge in [-0.2, -0.15) is 0 Å². The molecule has 2 aromatic carbocycles. The lowest BCUT2D eigenvalue weighted by Crippen LogP contribution is -2.28. The van der Waals surface area contributed by atoms with Crippen molar-refractivity contribution in [3.05, 3.63) is 95.2 Å². The first-order chi connectivity index (χ1) is 15.6. The smallest absolute Gasteiger partial charge is 0.267 e. The van der Waals surface area contributed by atoms with Crippen LogP contribution in [0.1, 0.15) is 11.1 Å². The fourth-order valence-electron chi connectivity index (χ4n) is 2.98. The molecule has 0 atom stereocenters. The van der Waals surface area contributed by atoms with Crippen LogP contribution >= 0.6 is 11.8 Å². The maximum atomic E-state index is 13.2. The van der Waals surface area contributed by atoms with Crippen molar-refractivity contribution in [3.63, 3.8) is 0 Å². The molecular formula is C24H20N4O3S. The van der Waals surface area contributed by atoms with Crippen LogP contribution in [-0.2, 0) is 16.1 Å². The van der Waals surface area contributed by atoms with E-state index < -0.39 is 5.91 Å². The third-order valence-electron chi connectivity index (χ3n) is 4.49. The van der Waals surface area contributed by atoms with Crippen LogP contribution in [0.5, 0.6) is 5.75 Å². The van der Waals surface area contributed by atoms with Crippen LogP contribution < -0.4 is 10.5 Å². The zero-order valence-corrected chi connectivity index (χ0v) is 17.9. The van der Waals surface area contributed by atoms with E-state index in [1.807, 2.05) is 60.7 Å². The van der Waals surface area contributed by atoms with Crippen LogP contribution in [0.4, 0.5) is 5.69 Å². The van der Waals surface area contributed by atoms with E-state index in [1.54, 1.807) is 29.4 Å². The number of pyridine rings is 1. The molecule has 32 heavy (non-hydrogen) atoms. The molecule has 0 aliphatic carbocycles. The number of hydrogen-bond acceptors (Lipinski definition) is 6. The Labute approximate surface area is 189 Å². The van der Waals surface area contributed by atoms with Gasteiger partial charge in [0.1, 0.15) is 5.75 Å². The van der Waals surface area contributed by atoms with Gasteiger partial charge in [0.05, 0.1) is 17.1 Å². The number of thioether (sulfide) groups is 1. The Morgan fingerprint density at radius 1 is 1.09 bits per heavy atom. The minimum Gasteiger partial charge on any atom is -0.484 e.